The Balaban J connectivity index is 1.83. The summed E-state index contributed by atoms with van der Waals surface area (Å²) in [6.45, 7) is 9.12. The van der Waals surface area contributed by atoms with Crippen molar-refractivity contribution in [3.05, 3.63) is 34.1 Å². The lowest BCUT2D eigenvalue weighted by Crippen LogP contribution is -2.50. The fourth-order valence-corrected chi connectivity index (χ4v) is 2.98. The maximum Gasteiger partial charge on any atom is 0.137 e. The van der Waals surface area contributed by atoms with Gasteiger partial charge in [0.15, 0.2) is 0 Å². The molecule has 1 aliphatic heterocycles. The maximum atomic E-state index is 13.2. The Morgan fingerprint density at radius 3 is 2.35 bits per heavy atom. The number of hydrogen-bond donors (Lipinski definition) is 1. The molecular weight excluding hydrogens is 323 g/mol. The van der Waals surface area contributed by atoms with Crippen molar-refractivity contribution in [1.29, 1.82) is 0 Å². The molecule has 5 heteroatoms. The molecule has 0 bridgehead atoms. The Kier molecular flexibility index (Phi) is 5.18. The fourth-order valence-electron chi connectivity index (χ4n) is 2.55. The molecule has 1 aromatic rings. The summed E-state index contributed by atoms with van der Waals surface area (Å²) in [6, 6.07) is 5.19. The molecule has 0 aromatic heterocycles. The van der Waals surface area contributed by atoms with E-state index in [0.717, 1.165) is 38.3 Å². The first kappa shape index (κ1) is 15.9. The van der Waals surface area contributed by atoms with E-state index in [-0.39, 0.29) is 5.82 Å². The van der Waals surface area contributed by atoms with Crippen LogP contribution < -0.4 is 0 Å². The van der Waals surface area contributed by atoms with Crippen LogP contribution >= 0.6 is 15.9 Å². The third-order valence-corrected chi connectivity index (χ3v) is 4.07. The quantitative estimate of drug-likeness (QED) is 0.908. The number of rotatable bonds is 4. The number of hydrogen-bond acceptors (Lipinski definition) is 3. The molecule has 0 unspecified atom stereocenters. The lowest BCUT2D eigenvalue weighted by molar-refractivity contribution is 0.0167. The van der Waals surface area contributed by atoms with E-state index in [1.165, 1.54) is 6.07 Å². The molecule has 1 saturated heterocycles. The molecule has 0 radical (unpaired) electrons. The first-order valence-corrected chi connectivity index (χ1v) is 7.74. The Labute approximate surface area is 128 Å². The van der Waals surface area contributed by atoms with Gasteiger partial charge < -0.3 is 5.11 Å². The summed E-state index contributed by atoms with van der Waals surface area (Å²) in [5.74, 6) is -0.219. The van der Waals surface area contributed by atoms with Gasteiger partial charge in [-0.2, -0.15) is 0 Å². The van der Waals surface area contributed by atoms with Crippen LogP contribution in [0.1, 0.15) is 19.4 Å². The Morgan fingerprint density at radius 2 is 1.80 bits per heavy atom. The van der Waals surface area contributed by atoms with E-state index >= 15 is 0 Å². The molecule has 2 rings (SSSR count). The van der Waals surface area contributed by atoms with Gasteiger partial charge >= 0.3 is 0 Å². The van der Waals surface area contributed by atoms with E-state index in [4.69, 9.17) is 0 Å². The average molecular weight is 345 g/mol. The highest BCUT2D eigenvalue weighted by Gasteiger charge is 2.22. The third-order valence-electron chi connectivity index (χ3n) is 3.47. The summed E-state index contributed by atoms with van der Waals surface area (Å²) in [4.78, 5) is 4.65. The van der Waals surface area contributed by atoms with Crippen LogP contribution in [-0.2, 0) is 6.54 Å². The van der Waals surface area contributed by atoms with Gasteiger partial charge in [-0.15, -0.1) is 0 Å². The molecule has 0 spiro atoms. The predicted octanol–water partition coefficient (Wildman–Crippen LogP) is 2.48. The number of β-amino-alcohol motifs (C(OH)–C–C–N with tert-alkyl or cyclic N) is 1. The van der Waals surface area contributed by atoms with Gasteiger partial charge in [-0.3, -0.25) is 9.80 Å². The molecular formula is C15H22BrFN2O. The fraction of sp³-hybridized carbons (Fsp3) is 0.600. The molecule has 1 aliphatic rings. The first-order valence-electron chi connectivity index (χ1n) is 6.94. The molecule has 20 heavy (non-hydrogen) atoms. The van der Waals surface area contributed by atoms with E-state index < -0.39 is 5.60 Å². The zero-order valence-corrected chi connectivity index (χ0v) is 13.7. The summed E-state index contributed by atoms with van der Waals surface area (Å²) in [5.41, 5.74) is 0.485. The normalized spacial score (nSPS) is 18.4. The molecule has 1 N–H and O–H groups in total. The standard InChI is InChI=1S/C15H22BrFN2O/c1-15(2,20)11-19-7-5-18(6-8-19)10-12-3-4-14(17)13(16)9-12/h3-4,9,20H,5-8,10-11H2,1-2H3. The van der Waals surface area contributed by atoms with Crippen LogP contribution in [0.15, 0.2) is 22.7 Å². The lowest BCUT2D eigenvalue weighted by Gasteiger charge is -2.37. The van der Waals surface area contributed by atoms with Gasteiger partial charge in [0.05, 0.1) is 10.1 Å². The monoisotopic (exact) mass is 344 g/mol. The van der Waals surface area contributed by atoms with Crippen molar-refractivity contribution in [3.63, 3.8) is 0 Å². The van der Waals surface area contributed by atoms with Crippen LogP contribution in [0.5, 0.6) is 0 Å². The molecule has 0 amide bonds. The smallest absolute Gasteiger partial charge is 0.137 e. The van der Waals surface area contributed by atoms with Gasteiger partial charge in [0.25, 0.3) is 0 Å². The summed E-state index contributed by atoms with van der Waals surface area (Å²) in [7, 11) is 0. The third kappa shape index (κ3) is 4.81. The Bertz CT molecular complexity index is 454. The van der Waals surface area contributed by atoms with Crippen LogP contribution in [0, 0.1) is 5.82 Å². The van der Waals surface area contributed by atoms with Gasteiger partial charge in [-0.1, -0.05) is 6.07 Å². The SMILES string of the molecule is CC(C)(O)CN1CCN(Cc2ccc(F)c(Br)c2)CC1. The van der Waals surface area contributed by atoms with E-state index in [2.05, 4.69) is 25.7 Å². The zero-order chi connectivity index (χ0) is 14.8. The summed E-state index contributed by atoms with van der Waals surface area (Å²) in [6.07, 6.45) is 0. The highest BCUT2D eigenvalue weighted by Crippen LogP contribution is 2.18. The van der Waals surface area contributed by atoms with Gasteiger partial charge in [0.2, 0.25) is 0 Å². The molecule has 112 valence electrons. The van der Waals surface area contributed by atoms with Crippen LogP contribution in [0.25, 0.3) is 0 Å². The van der Waals surface area contributed by atoms with Crippen molar-refractivity contribution in [2.24, 2.45) is 0 Å². The zero-order valence-electron chi connectivity index (χ0n) is 12.1. The van der Waals surface area contributed by atoms with E-state index in [9.17, 15) is 9.50 Å². The lowest BCUT2D eigenvalue weighted by atomic mass is 10.1. The minimum atomic E-state index is -0.635. The number of aliphatic hydroxyl groups is 1. The van der Waals surface area contributed by atoms with Gasteiger partial charge in [0.1, 0.15) is 5.82 Å². The number of halogens is 2. The van der Waals surface area contributed by atoms with Crippen molar-refractivity contribution in [2.45, 2.75) is 26.0 Å². The van der Waals surface area contributed by atoms with Crippen molar-refractivity contribution in [3.8, 4) is 0 Å². The first-order chi connectivity index (χ1) is 9.33. The maximum absolute atomic E-state index is 13.2. The number of benzene rings is 1. The Hall–Kier alpha value is -0.490. The molecule has 1 heterocycles. The average Bonchev–Trinajstić information content (AvgIpc) is 2.35. The van der Waals surface area contributed by atoms with E-state index in [0.29, 0.717) is 11.0 Å². The van der Waals surface area contributed by atoms with Crippen molar-refractivity contribution >= 4 is 15.9 Å². The second-order valence-corrected chi connectivity index (χ2v) is 6.97. The number of nitrogens with zero attached hydrogens (tertiary/aromatic N) is 2. The van der Waals surface area contributed by atoms with Crippen molar-refractivity contribution < 1.29 is 9.50 Å². The van der Waals surface area contributed by atoms with Crippen LogP contribution in [-0.4, -0.2) is 53.2 Å². The van der Waals surface area contributed by atoms with E-state index in [1.54, 1.807) is 0 Å². The second kappa shape index (κ2) is 6.52. The molecule has 0 saturated carbocycles. The molecule has 3 nitrogen and oxygen atoms in total. The molecule has 1 aromatic carbocycles. The molecule has 0 atom stereocenters. The topological polar surface area (TPSA) is 26.7 Å². The Morgan fingerprint density at radius 1 is 1.20 bits per heavy atom. The summed E-state index contributed by atoms with van der Waals surface area (Å²) in [5, 5.41) is 9.83. The van der Waals surface area contributed by atoms with Crippen molar-refractivity contribution in [2.75, 3.05) is 32.7 Å². The number of piperazine rings is 1. The molecule has 1 fully saturated rings. The predicted molar refractivity (Wildman–Crippen MR) is 82.1 cm³/mol. The van der Waals surface area contributed by atoms with Gasteiger partial charge in [-0.25, -0.2) is 4.39 Å². The van der Waals surface area contributed by atoms with E-state index in [1.807, 2.05) is 26.0 Å². The summed E-state index contributed by atoms with van der Waals surface area (Å²) < 4.78 is 13.7. The minimum absolute atomic E-state index is 0.219. The van der Waals surface area contributed by atoms with Gasteiger partial charge in [0, 0.05) is 39.3 Å². The second-order valence-electron chi connectivity index (χ2n) is 6.11. The minimum Gasteiger partial charge on any atom is -0.389 e. The largest absolute Gasteiger partial charge is 0.389 e. The van der Waals surface area contributed by atoms with Crippen LogP contribution in [0.2, 0.25) is 0 Å². The molecule has 0 aliphatic carbocycles. The summed E-state index contributed by atoms with van der Waals surface area (Å²) >= 11 is 3.22. The highest BCUT2D eigenvalue weighted by atomic mass is 79.9. The van der Waals surface area contributed by atoms with Crippen LogP contribution in [0.4, 0.5) is 4.39 Å². The van der Waals surface area contributed by atoms with Crippen molar-refractivity contribution in [1.82, 2.24) is 9.80 Å². The van der Waals surface area contributed by atoms with Crippen LogP contribution in [0.3, 0.4) is 0 Å². The van der Waals surface area contributed by atoms with Gasteiger partial charge in [-0.05, 0) is 47.5 Å². The highest BCUT2D eigenvalue weighted by molar-refractivity contribution is 9.10.